The molecule has 10 heteroatoms. The van der Waals surface area contributed by atoms with Gasteiger partial charge in [-0.15, -0.1) is 11.3 Å². The maximum atomic E-state index is 5.14. The number of nitrogens with one attached hydrogen (secondary N) is 1. The molecule has 0 radical (unpaired) electrons. The number of hydrogen-bond donors (Lipinski definition) is 1. The molecular formula is C14H17N7OS2. The number of aromatic nitrogens is 6. The molecule has 1 aliphatic heterocycles. The molecule has 0 saturated heterocycles. The van der Waals surface area contributed by atoms with Gasteiger partial charge in [0.1, 0.15) is 29.3 Å². The van der Waals surface area contributed by atoms with Gasteiger partial charge in [0.15, 0.2) is 15.8 Å². The van der Waals surface area contributed by atoms with Gasteiger partial charge in [0.25, 0.3) is 0 Å². The smallest absolute Gasteiger partial charge is 0.176 e. The Kier molecular flexibility index (Phi) is 4.33. The third-order valence-electron chi connectivity index (χ3n) is 3.85. The summed E-state index contributed by atoms with van der Waals surface area (Å²) in [6.45, 7) is 1.32. The normalized spacial score (nSPS) is 17.2. The summed E-state index contributed by atoms with van der Waals surface area (Å²) in [5, 5.41) is 8.03. The van der Waals surface area contributed by atoms with Crippen molar-refractivity contribution in [2.45, 2.75) is 36.4 Å². The Morgan fingerprint density at radius 1 is 1.42 bits per heavy atom. The quantitative estimate of drug-likeness (QED) is 0.692. The van der Waals surface area contributed by atoms with Crippen LogP contribution < -0.4 is 5.32 Å². The minimum Gasteiger partial charge on any atom is -0.377 e. The fraction of sp³-hybridized carbons (Fsp3) is 0.500. The lowest BCUT2D eigenvalue weighted by Gasteiger charge is -2.23. The van der Waals surface area contributed by atoms with E-state index in [2.05, 4.69) is 30.4 Å². The van der Waals surface area contributed by atoms with Gasteiger partial charge < -0.3 is 10.1 Å². The molecule has 4 heterocycles. The van der Waals surface area contributed by atoms with Crippen LogP contribution in [0, 0.1) is 0 Å². The number of thioether (sulfide) groups is 1. The van der Waals surface area contributed by atoms with Crippen molar-refractivity contribution >= 4 is 39.3 Å². The van der Waals surface area contributed by atoms with Crippen LogP contribution in [0.25, 0.3) is 10.3 Å². The first-order chi connectivity index (χ1) is 11.8. The molecule has 24 heavy (non-hydrogen) atoms. The highest BCUT2D eigenvalue weighted by Gasteiger charge is 2.25. The minimum atomic E-state index is 0.0785. The number of thiazole rings is 1. The first-order valence-electron chi connectivity index (χ1n) is 7.63. The lowest BCUT2D eigenvalue weighted by Crippen LogP contribution is -2.23. The van der Waals surface area contributed by atoms with Crippen LogP contribution in [0.3, 0.4) is 0 Å². The van der Waals surface area contributed by atoms with Gasteiger partial charge in [-0.25, -0.2) is 24.6 Å². The molecule has 0 aromatic carbocycles. The number of fused-ring (bicyclic) bond motifs is 2. The van der Waals surface area contributed by atoms with E-state index in [-0.39, 0.29) is 6.04 Å². The van der Waals surface area contributed by atoms with Crippen molar-refractivity contribution in [1.82, 2.24) is 29.7 Å². The molecule has 0 aliphatic carbocycles. The maximum Gasteiger partial charge on any atom is 0.176 e. The number of anilines is 1. The van der Waals surface area contributed by atoms with Crippen LogP contribution in [-0.4, -0.2) is 43.1 Å². The largest absolute Gasteiger partial charge is 0.377 e. The van der Waals surface area contributed by atoms with Crippen molar-refractivity contribution in [2.75, 3.05) is 18.7 Å². The molecule has 3 aromatic rings. The predicted octanol–water partition coefficient (Wildman–Crippen LogP) is 2.49. The monoisotopic (exact) mass is 363 g/mol. The van der Waals surface area contributed by atoms with Gasteiger partial charge in [-0.1, -0.05) is 11.8 Å². The molecule has 1 aliphatic rings. The summed E-state index contributed by atoms with van der Waals surface area (Å²) in [4.78, 5) is 17.8. The van der Waals surface area contributed by atoms with Crippen LogP contribution >= 0.6 is 23.1 Å². The van der Waals surface area contributed by atoms with Gasteiger partial charge in [-0.2, -0.15) is 5.10 Å². The number of hydrogen-bond acceptors (Lipinski definition) is 9. The summed E-state index contributed by atoms with van der Waals surface area (Å²) in [6.07, 6.45) is 5.61. The van der Waals surface area contributed by atoms with Crippen LogP contribution in [-0.2, 0) is 17.9 Å². The topological polar surface area (TPSA) is 90.6 Å². The summed E-state index contributed by atoms with van der Waals surface area (Å²) in [6, 6.07) is 0.0785. The van der Waals surface area contributed by atoms with E-state index in [0.29, 0.717) is 6.61 Å². The molecule has 4 rings (SSSR count). The first kappa shape index (κ1) is 15.7. The molecule has 0 fully saturated rings. The molecule has 126 valence electrons. The highest BCUT2D eigenvalue weighted by molar-refractivity contribution is 8.00. The van der Waals surface area contributed by atoms with Gasteiger partial charge in [-0.05, 0) is 19.1 Å². The zero-order valence-corrected chi connectivity index (χ0v) is 15.0. The van der Waals surface area contributed by atoms with E-state index in [1.54, 1.807) is 36.5 Å². The van der Waals surface area contributed by atoms with Crippen molar-refractivity contribution in [3.63, 3.8) is 0 Å². The van der Waals surface area contributed by atoms with E-state index < -0.39 is 0 Å². The average Bonchev–Trinajstić information content (AvgIpc) is 3.19. The van der Waals surface area contributed by atoms with Gasteiger partial charge in [0.05, 0.1) is 6.04 Å². The van der Waals surface area contributed by atoms with Gasteiger partial charge in [0, 0.05) is 13.7 Å². The second kappa shape index (κ2) is 6.61. The maximum absolute atomic E-state index is 5.14. The molecule has 0 amide bonds. The Morgan fingerprint density at radius 3 is 3.17 bits per heavy atom. The van der Waals surface area contributed by atoms with E-state index in [9.17, 15) is 0 Å². The third-order valence-corrected chi connectivity index (χ3v) is 5.89. The van der Waals surface area contributed by atoms with Crippen LogP contribution in [0.2, 0.25) is 0 Å². The van der Waals surface area contributed by atoms with Crippen molar-refractivity contribution in [2.24, 2.45) is 0 Å². The van der Waals surface area contributed by atoms with Crippen LogP contribution in [0.15, 0.2) is 10.7 Å². The number of ether oxygens (including phenoxy) is 1. The fourth-order valence-electron chi connectivity index (χ4n) is 2.82. The Morgan fingerprint density at radius 2 is 2.33 bits per heavy atom. The van der Waals surface area contributed by atoms with Gasteiger partial charge in [0.2, 0.25) is 0 Å². The van der Waals surface area contributed by atoms with Crippen LogP contribution in [0.1, 0.15) is 30.5 Å². The fourth-order valence-corrected chi connectivity index (χ4v) is 4.28. The van der Waals surface area contributed by atoms with Gasteiger partial charge in [-0.3, -0.25) is 0 Å². The van der Waals surface area contributed by atoms with E-state index in [0.717, 1.165) is 51.5 Å². The summed E-state index contributed by atoms with van der Waals surface area (Å²) in [5.41, 5.74) is 0.735. The van der Waals surface area contributed by atoms with Gasteiger partial charge >= 0.3 is 0 Å². The van der Waals surface area contributed by atoms with Crippen molar-refractivity contribution in [1.29, 1.82) is 0 Å². The molecule has 1 N–H and O–H groups in total. The minimum absolute atomic E-state index is 0.0785. The molecule has 0 spiro atoms. The lowest BCUT2D eigenvalue weighted by molar-refractivity contribution is 0.177. The van der Waals surface area contributed by atoms with E-state index in [4.69, 9.17) is 4.74 Å². The van der Waals surface area contributed by atoms with E-state index in [1.807, 2.05) is 10.9 Å². The highest BCUT2D eigenvalue weighted by Crippen LogP contribution is 2.34. The summed E-state index contributed by atoms with van der Waals surface area (Å²) >= 11 is 3.23. The molecule has 3 aromatic heterocycles. The van der Waals surface area contributed by atoms with Crippen molar-refractivity contribution in [3.05, 3.63) is 18.0 Å². The Balaban J connectivity index is 1.66. The first-order valence-corrected chi connectivity index (χ1v) is 9.67. The Hall–Kier alpha value is -1.78. The Bertz CT molecular complexity index is 862. The molecule has 8 nitrogen and oxygen atoms in total. The number of aryl methyl sites for hydroxylation is 1. The summed E-state index contributed by atoms with van der Waals surface area (Å²) in [7, 11) is 1.65. The molecule has 0 bridgehead atoms. The van der Waals surface area contributed by atoms with Crippen LogP contribution in [0.5, 0.6) is 0 Å². The second-order valence-electron chi connectivity index (χ2n) is 5.44. The zero-order valence-electron chi connectivity index (χ0n) is 13.4. The zero-order chi connectivity index (χ0) is 16.5. The number of nitrogens with zero attached hydrogens (tertiary/aromatic N) is 6. The van der Waals surface area contributed by atoms with Crippen molar-refractivity contribution < 1.29 is 4.74 Å². The molecule has 1 atom stereocenters. The standard InChI is InChI=1S/C14H17N7OS2/c1-22-6-9-18-13-8(4-3-5-21(13)20-9)17-11-10-12(16-7-15-11)19-14(23-2)24-10/h7-8H,3-6H2,1-2H3,(H,15,16,17). The summed E-state index contributed by atoms with van der Waals surface area (Å²) < 4.78 is 9.08. The average molecular weight is 363 g/mol. The van der Waals surface area contributed by atoms with E-state index >= 15 is 0 Å². The molecule has 1 unspecified atom stereocenters. The lowest BCUT2D eigenvalue weighted by atomic mass is 10.1. The third kappa shape index (κ3) is 2.85. The SMILES string of the molecule is COCc1nc2n(n1)CCCC2Nc1ncnc2nc(SC)sc12. The van der Waals surface area contributed by atoms with Crippen LogP contribution in [0.4, 0.5) is 5.82 Å². The number of methoxy groups -OCH3 is 1. The number of rotatable bonds is 5. The highest BCUT2D eigenvalue weighted by atomic mass is 32.2. The van der Waals surface area contributed by atoms with Crippen molar-refractivity contribution in [3.8, 4) is 0 Å². The Labute approximate surface area is 147 Å². The molecular weight excluding hydrogens is 346 g/mol. The summed E-state index contributed by atoms with van der Waals surface area (Å²) in [5.74, 6) is 2.47. The second-order valence-corrected chi connectivity index (χ2v) is 7.49. The predicted molar refractivity (Wildman–Crippen MR) is 93.3 cm³/mol. The molecule has 0 saturated carbocycles. The van der Waals surface area contributed by atoms with E-state index in [1.165, 1.54) is 0 Å².